The van der Waals surface area contributed by atoms with E-state index < -0.39 is 0 Å². The van der Waals surface area contributed by atoms with Crippen LogP contribution in [0.5, 0.6) is 5.75 Å². The van der Waals surface area contributed by atoms with E-state index in [4.69, 9.17) is 4.74 Å². The lowest BCUT2D eigenvalue weighted by Gasteiger charge is -2.23. The Morgan fingerprint density at radius 3 is 2.27 bits per heavy atom. The summed E-state index contributed by atoms with van der Waals surface area (Å²) in [6, 6.07) is 32.7. The maximum Gasteiger partial charge on any atom is 0.251 e. The molecule has 4 aromatic rings. The zero-order valence-electron chi connectivity index (χ0n) is 25.2. The molecule has 4 aromatic carbocycles. The molecule has 5 rings (SSSR count). The van der Waals surface area contributed by atoms with E-state index in [2.05, 4.69) is 16.3 Å². The van der Waals surface area contributed by atoms with Crippen molar-refractivity contribution in [3.63, 3.8) is 0 Å². The van der Waals surface area contributed by atoms with E-state index >= 15 is 0 Å². The molecule has 7 nitrogen and oxygen atoms in total. The highest BCUT2D eigenvalue weighted by Gasteiger charge is 2.16. The molecule has 7 heteroatoms. The molecule has 44 heavy (non-hydrogen) atoms. The van der Waals surface area contributed by atoms with Gasteiger partial charge in [-0.1, -0.05) is 72.8 Å². The molecule has 0 bridgehead atoms. The fourth-order valence-electron chi connectivity index (χ4n) is 5.49. The van der Waals surface area contributed by atoms with E-state index in [0.717, 1.165) is 47.5 Å². The highest BCUT2D eigenvalue weighted by atomic mass is 16.5. The first-order valence-electron chi connectivity index (χ1n) is 15.4. The van der Waals surface area contributed by atoms with Crippen LogP contribution in [0.25, 0.3) is 11.1 Å². The molecule has 1 saturated heterocycles. The van der Waals surface area contributed by atoms with Crippen LogP contribution in [-0.4, -0.2) is 66.1 Å². The second-order valence-corrected chi connectivity index (χ2v) is 11.3. The van der Waals surface area contributed by atoms with Crippen molar-refractivity contribution < 1.29 is 19.4 Å². The second kappa shape index (κ2) is 15.8. The molecule has 0 radical (unpaired) electrons. The molecule has 1 aliphatic heterocycles. The Kier molecular flexibility index (Phi) is 11.2. The summed E-state index contributed by atoms with van der Waals surface area (Å²) in [5.74, 6) is 0.0675. The predicted octanol–water partition coefficient (Wildman–Crippen LogP) is 5.67. The van der Waals surface area contributed by atoms with Crippen LogP contribution < -0.4 is 5.32 Å². The van der Waals surface area contributed by atoms with Gasteiger partial charge in [-0.25, -0.2) is 0 Å². The van der Waals surface area contributed by atoms with Crippen LogP contribution in [0.15, 0.2) is 103 Å². The number of phenolic OH excluding ortho intramolecular Hbond substituents is 1. The number of rotatable bonds is 14. The van der Waals surface area contributed by atoms with E-state index in [-0.39, 0.29) is 24.2 Å². The van der Waals surface area contributed by atoms with Gasteiger partial charge in [0.15, 0.2) is 0 Å². The second-order valence-electron chi connectivity index (χ2n) is 11.3. The number of benzene rings is 4. The van der Waals surface area contributed by atoms with Crippen molar-refractivity contribution >= 4 is 11.8 Å². The molecule has 228 valence electrons. The number of carbonyl (C=O) groups is 2. The summed E-state index contributed by atoms with van der Waals surface area (Å²) in [5.41, 5.74) is 5.62. The summed E-state index contributed by atoms with van der Waals surface area (Å²) in [7, 11) is 0. The third-order valence-electron chi connectivity index (χ3n) is 7.97. The molecule has 0 aromatic heterocycles. The molecular formula is C37H41N3O4. The number of phenols is 1. The van der Waals surface area contributed by atoms with Crippen molar-refractivity contribution in [1.29, 1.82) is 0 Å². The first kappa shape index (κ1) is 31.0. The number of nitrogens with zero attached hydrogens (tertiary/aromatic N) is 2. The van der Waals surface area contributed by atoms with Gasteiger partial charge >= 0.3 is 0 Å². The Morgan fingerprint density at radius 1 is 0.795 bits per heavy atom. The van der Waals surface area contributed by atoms with E-state index in [1.807, 2.05) is 89.8 Å². The summed E-state index contributed by atoms with van der Waals surface area (Å²) in [5, 5.41) is 12.7. The summed E-state index contributed by atoms with van der Waals surface area (Å²) in [4.78, 5) is 30.5. The van der Waals surface area contributed by atoms with Crippen molar-refractivity contribution in [2.45, 2.75) is 32.4 Å². The summed E-state index contributed by atoms with van der Waals surface area (Å²) < 4.78 is 5.79. The predicted molar refractivity (Wildman–Crippen MR) is 173 cm³/mol. The Morgan fingerprint density at radius 2 is 1.50 bits per heavy atom. The third-order valence-corrected chi connectivity index (χ3v) is 7.97. The number of amides is 2. The van der Waals surface area contributed by atoms with Gasteiger partial charge < -0.3 is 25.0 Å². The van der Waals surface area contributed by atoms with Crippen molar-refractivity contribution in [3.8, 4) is 16.9 Å². The molecule has 0 spiro atoms. The minimum Gasteiger partial charge on any atom is -0.508 e. The van der Waals surface area contributed by atoms with E-state index in [1.54, 1.807) is 12.1 Å². The monoisotopic (exact) mass is 591 g/mol. The maximum atomic E-state index is 13.4. The lowest BCUT2D eigenvalue weighted by molar-refractivity contribution is -0.137. The highest BCUT2D eigenvalue weighted by molar-refractivity contribution is 5.95. The van der Waals surface area contributed by atoms with Crippen LogP contribution in [0.2, 0.25) is 0 Å². The largest absolute Gasteiger partial charge is 0.508 e. The number of nitrogens with one attached hydrogen (secondary N) is 1. The van der Waals surface area contributed by atoms with Gasteiger partial charge in [0.2, 0.25) is 5.91 Å². The SMILES string of the molecule is O=C(NCCN1CCCC1)c1cccc(-c2cccc(CN(CCc3ccc(O)cc3)C(=O)COCc3ccccc3)c2)c1. The average molecular weight is 592 g/mol. The third kappa shape index (κ3) is 9.27. The van der Waals surface area contributed by atoms with Crippen LogP contribution >= 0.6 is 0 Å². The van der Waals surface area contributed by atoms with Crippen molar-refractivity contribution in [2.75, 3.05) is 39.3 Å². The minimum atomic E-state index is -0.0855. The zero-order chi connectivity index (χ0) is 30.6. The number of ether oxygens (including phenoxy) is 1. The zero-order valence-corrected chi connectivity index (χ0v) is 25.2. The first-order valence-corrected chi connectivity index (χ1v) is 15.4. The summed E-state index contributed by atoms with van der Waals surface area (Å²) in [6.45, 7) is 5.04. The van der Waals surface area contributed by atoms with Crippen LogP contribution in [0.4, 0.5) is 0 Å². The highest BCUT2D eigenvalue weighted by Crippen LogP contribution is 2.23. The summed E-state index contributed by atoms with van der Waals surface area (Å²) >= 11 is 0. The molecule has 1 aliphatic rings. The number of aromatic hydroxyl groups is 1. The number of hydrogen-bond donors (Lipinski definition) is 2. The quantitative estimate of drug-likeness (QED) is 0.197. The van der Waals surface area contributed by atoms with Crippen molar-refractivity contribution in [3.05, 3.63) is 125 Å². The number of carbonyl (C=O) groups excluding carboxylic acids is 2. The summed E-state index contributed by atoms with van der Waals surface area (Å²) in [6.07, 6.45) is 3.13. The molecule has 2 amide bonds. The van der Waals surface area contributed by atoms with Gasteiger partial charge in [0, 0.05) is 31.7 Å². The Hall–Kier alpha value is -4.46. The van der Waals surface area contributed by atoms with Crippen LogP contribution in [-0.2, 0) is 29.1 Å². The Bertz CT molecular complexity index is 1500. The molecular weight excluding hydrogens is 550 g/mol. The standard InChI is InChI=1S/C37H41N3O4/c41-35-16-14-29(15-17-35)18-22-40(36(42)28-44-27-30-8-2-1-3-9-30)26-31-10-6-11-32(24-31)33-12-7-13-34(25-33)37(43)38-19-23-39-20-4-5-21-39/h1-3,6-17,24-25,41H,4-5,18-23,26-28H2,(H,38,43). The molecule has 0 atom stereocenters. The fourth-order valence-corrected chi connectivity index (χ4v) is 5.49. The van der Waals surface area contributed by atoms with E-state index in [9.17, 15) is 14.7 Å². The Balaban J connectivity index is 1.24. The Labute approximate surface area is 260 Å². The molecule has 2 N–H and O–H groups in total. The van der Waals surface area contributed by atoms with Gasteiger partial charge in [0.05, 0.1) is 6.61 Å². The van der Waals surface area contributed by atoms with Crippen molar-refractivity contribution in [2.24, 2.45) is 0 Å². The number of hydrogen-bond acceptors (Lipinski definition) is 5. The smallest absolute Gasteiger partial charge is 0.251 e. The van der Waals surface area contributed by atoms with Crippen LogP contribution in [0.3, 0.4) is 0 Å². The van der Waals surface area contributed by atoms with E-state index in [0.29, 0.717) is 38.2 Å². The lowest BCUT2D eigenvalue weighted by Crippen LogP contribution is -2.35. The van der Waals surface area contributed by atoms with Gasteiger partial charge in [-0.05, 0) is 90.5 Å². The molecule has 0 saturated carbocycles. The minimum absolute atomic E-state index is 0.0148. The van der Waals surface area contributed by atoms with Gasteiger partial charge in [-0.3, -0.25) is 9.59 Å². The van der Waals surface area contributed by atoms with Gasteiger partial charge in [0.25, 0.3) is 5.91 Å². The van der Waals surface area contributed by atoms with E-state index in [1.165, 1.54) is 12.8 Å². The van der Waals surface area contributed by atoms with Gasteiger partial charge in [-0.2, -0.15) is 0 Å². The topological polar surface area (TPSA) is 82.1 Å². The van der Waals surface area contributed by atoms with Crippen molar-refractivity contribution in [1.82, 2.24) is 15.1 Å². The maximum absolute atomic E-state index is 13.4. The first-order chi connectivity index (χ1) is 21.5. The number of likely N-dealkylation sites (tertiary alicyclic amines) is 1. The van der Waals surface area contributed by atoms with Gasteiger partial charge in [0.1, 0.15) is 12.4 Å². The van der Waals surface area contributed by atoms with Gasteiger partial charge in [-0.15, -0.1) is 0 Å². The molecule has 1 heterocycles. The van der Waals surface area contributed by atoms with Crippen LogP contribution in [0, 0.1) is 0 Å². The lowest BCUT2D eigenvalue weighted by atomic mass is 10.0. The van der Waals surface area contributed by atoms with Crippen LogP contribution in [0.1, 0.15) is 39.9 Å². The average Bonchev–Trinajstić information content (AvgIpc) is 3.58. The normalized spacial score (nSPS) is 13.1. The fraction of sp³-hybridized carbons (Fsp3) is 0.297. The molecule has 1 fully saturated rings. The molecule has 0 unspecified atom stereocenters. The molecule has 0 aliphatic carbocycles.